The van der Waals surface area contributed by atoms with Crippen molar-refractivity contribution in [1.82, 2.24) is 19.6 Å². The van der Waals surface area contributed by atoms with Crippen LogP contribution in [0.1, 0.15) is 48.0 Å². The zero-order chi connectivity index (χ0) is 25.5. The van der Waals surface area contributed by atoms with Crippen LogP contribution in [0.25, 0.3) is 16.9 Å². The van der Waals surface area contributed by atoms with Crippen LogP contribution in [0.2, 0.25) is 0 Å². The Bertz CT molecular complexity index is 1290. The van der Waals surface area contributed by atoms with Gasteiger partial charge in [-0.25, -0.2) is 9.78 Å². The Morgan fingerprint density at radius 2 is 1.94 bits per heavy atom. The molecule has 3 aromatic rings. The predicted molar refractivity (Wildman–Crippen MR) is 135 cm³/mol. The van der Waals surface area contributed by atoms with Gasteiger partial charge < -0.3 is 24.5 Å². The number of morpholine rings is 1. The molecule has 0 saturated carbocycles. The van der Waals surface area contributed by atoms with Crippen LogP contribution in [-0.4, -0.2) is 63.7 Å². The minimum atomic E-state index is -0.934. The smallest absolute Gasteiger partial charge is 0.407 e. The van der Waals surface area contributed by atoms with Gasteiger partial charge in [-0.15, -0.1) is 0 Å². The van der Waals surface area contributed by atoms with Crippen LogP contribution in [0.3, 0.4) is 0 Å². The lowest BCUT2D eigenvalue weighted by atomic mass is 9.72. The SMILES string of the molecule is CNC(=O)c1ccc(-c2nc3cc(C)ccn3c2CC2(C(C)(C)C)CN(C(=O)O)CCO2)c(C)c1. The van der Waals surface area contributed by atoms with Crippen molar-refractivity contribution in [1.29, 1.82) is 0 Å². The second-order valence-electron chi connectivity index (χ2n) is 10.4. The molecule has 1 fully saturated rings. The van der Waals surface area contributed by atoms with Gasteiger partial charge in [-0.3, -0.25) is 4.79 Å². The van der Waals surface area contributed by atoms with Gasteiger partial charge in [0.1, 0.15) is 5.65 Å². The van der Waals surface area contributed by atoms with E-state index < -0.39 is 11.7 Å². The molecule has 1 atom stereocenters. The number of amides is 2. The van der Waals surface area contributed by atoms with Gasteiger partial charge in [-0.05, 0) is 54.7 Å². The molecular formula is C27H34N4O4. The van der Waals surface area contributed by atoms with Gasteiger partial charge in [0.15, 0.2) is 0 Å². The number of rotatable bonds is 4. The molecule has 0 aliphatic carbocycles. The number of nitrogens with one attached hydrogen (secondary N) is 1. The zero-order valence-corrected chi connectivity index (χ0v) is 21.3. The molecule has 3 heterocycles. The molecule has 35 heavy (non-hydrogen) atoms. The summed E-state index contributed by atoms with van der Waals surface area (Å²) in [4.78, 5) is 30.5. The third-order valence-electron chi connectivity index (χ3n) is 7.13. The number of hydrogen-bond donors (Lipinski definition) is 2. The number of fused-ring (bicyclic) bond motifs is 1. The first-order valence-electron chi connectivity index (χ1n) is 11.9. The average molecular weight is 479 g/mol. The van der Waals surface area contributed by atoms with E-state index in [1.165, 1.54) is 4.90 Å². The summed E-state index contributed by atoms with van der Waals surface area (Å²) < 4.78 is 8.52. The van der Waals surface area contributed by atoms with Crippen molar-refractivity contribution in [2.24, 2.45) is 5.41 Å². The van der Waals surface area contributed by atoms with Crippen molar-refractivity contribution in [3.63, 3.8) is 0 Å². The Balaban J connectivity index is 1.89. The van der Waals surface area contributed by atoms with Gasteiger partial charge in [0, 0.05) is 37.3 Å². The molecule has 2 aromatic heterocycles. The fraction of sp³-hybridized carbons (Fsp3) is 0.444. The summed E-state index contributed by atoms with van der Waals surface area (Å²) in [5.74, 6) is -0.137. The summed E-state index contributed by atoms with van der Waals surface area (Å²) in [5, 5.41) is 12.4. The highest BCUT2D eigenvalue weighted by molar-refractivity contribution is 5.95. The first-order chi connectivity index (χ1) is 16.5. The number of pyridine rings is 1. The van der Waals surface area contributed by atoms with Crippen LogP contribution < -0.4 is 5.32 Å². The highest BCUT2D eigenvalue weighted by Gasteiger charge is 2.48. The number of nitrogens with zero attached hydrogens (tertiary/aromatic N) is 3. The van der Waals surface area contributed by atoms with Gasteiger partial charge in [-0.1, -0.05) is 26.8 Å². The molecule has 1 aliphatic heterocycles. The standard InChI is InChI=1S/C27H34N4O4/c1-17-9-10-31-21(15-27(26(3,4)5)16-30(25(33)34)11-12-35-27)23(29-22(31)13-17)20-8-7-19(14-18(20)2)24(32)28-6/h7-10,13-14H,11-12,15-16H2,1-6H3,(H,28,32)(H,33,34). The minimum Gasteiger partial charge on any atom is -0.465 e. The van der Waals surface area contributed by atoms with Crippen molar-refractivity contribution in [2.45, 2.75) is 46.6 Å². The topological polar surface area (TPSA) is 96.2 Å². The molecular weight excluding hydrogens is 444 g/mol. The summed E-state index contributed by atoms with van der Waals surface area (Å²) >= 11 is 0. The van der Waals surface area contributed by atoms with Crippen molar-refractivity contribution in [3.05, 3.63) is 58.9 Å². The zero-order valence-electron chi connectivity index (χ0n) is 21.3. The fourth-order valence-electron chi connectivity index (χ4n) is 4.84. The number of carbonyl (C=O) groups excluding carboxylic acids is 1. The van der Waals surface area contributed by atoms with Gasteiger partial charge in [0.2, 0.25) is 0 Å². The summed E-state index contributed by atoms with van der Waals surface area (Å²) in [5.41, 5.74) is 5.07. The number of aromatic nitrogens is 2. The molecule has 4 rings (SSSR count). The van der Waals surface area contributed by atoms with E-state index in [2.05, 4.69) is 30.5 Å². The van der Waals surface area contributed by atoms with E-state index in [9.17, 15) is 14.7 Å². The number of carboxylic acid groups (broad SMARTS) is 1. The van der Waals surface area contributed by atoms with E-state index >= 15 is 0 Å². The lowest BCUT2D eigenvalue weighted by Crippen LogP contribution is -2.60. The monoisotopic (exact) mass is 478 g/mol. The van der Waals surface area contributed by atoms with Gasteiger partial charge in [0.05, 0.1) is 30.1 Å². The largest absolute Gasteiger partial charge is 0.465 e. The normalized spacial score (nSPS) is 18.6. The first-order valence-corrected chi connectivity index (χ1v) is 11.9. The van der Waals surface area contributed by atoms with Crippen LogP contribution in [0.4, 0.5) is 4.79 Å². The Labute approximate surface area is 205 Å². The van der Waals surface area contributed by atoms with Crippen LogP contribution in [-0.2, 0) is 11.2 Å². The maximum absolute atomic E-state index is 12.2. The van der Waals surface area contributed by atoms with E-state index in [1.807, 2.05) is 50.4 Å². The molecule has 1 saturated heterocycles. The van der Waals surface area contributed by atoms with Gasteiger partial charge in [0.25, 0.3) is 5.91 Å². The third-order valence-corrected chi connectivity index (χ3v) is 7.13. The Hall–Kier alpha value is -3.39. The molecule has 0 bridgehead atoms. The van der Waals surface area contributed by atoms with Gasteiger partial charge >= 0.3 is 6.09 Å². The molecule has 0 radical (unpaired) electrons. The van der Waals surface area contributed by atoms with Gasteiger partial charge in [-0.2, -0.15) is 0 Å². The Morgan fingerprint density at radius 3 is 2.57 bits per heavy atom. The highest BCUT2D eigenvalue weighted by atomic mass is 16.5. The van der Waals surface area contributed by atoms with E-state index in [0.29, 0.717) is 25.1 Å². The van der Waals surface area contributed by atoms with E-state index in [1.54, 1.807) is 7.05 Å². The second kappa shape index (κ2) is 9.00. The van der Waals surface area contributed by atoms with Crippen molar-refractivity contribution in [2.75, 3.05) is 26.7 Å². The number of benzene rings is 1. The maximum Gasteiger partial charge on any atom is 0.407 e. The predicted octanol–water partition coefficient (Wildman–Crippen LogP) is 4.32. The van der Waals surface area contributed by atoms with Crippen molar-refractivity contribution >= 4 is 17.6 Å². The van der Waals surface area contributed by atoms with E-state index in [0.717, 1.165) is 33.7 Å². The molecule has 8 heteroatoms. The highest BCUT2D eigenvalue weighted by Crippen LogP contribution is 2.41. The number of imidazole rings is 1. The number of ether oxygens (including phenoxy) is 1. The Kier molecular flexibility index (Phi) is 6.36. The molecule has 1 aromatic carbocycles. The fourth-order valence-corrected chi connectivity index (χ4v) is 4.84. The van der Waals surface area contributed by atoms with Crippen LogP contribution >= 0.6 is 0 Å². The second-order valence-corrected chi connectivity index (χ2v) is 10.4. The number of carbonyl (C=O) groups is 2. The van der Waals surface area contributed by atoms with Crippen LogP contribution in [0, 0.1) is 19.3 Å². The molecule has 186 valence electrons. The first kappa shape index (κ1) is 24.7. The molecule has 2 N–H and O–H groups in total. The van der Waals surface area contributed by atoms with E-state index in [4.69, 9.17) is 9.72 Å². The quantitative estimate of drug-likeness (QED) is 0.582. The lowest BCUT2D eigenvalue weighted by Gasteiger charge is -2.49. The molecule has 0 spiro atoms. The van der Waals surface area contributed by atoms with Crippen molar-refractivity contribution < 1.29 is 19.4 Å². The Morgan fingerprint density at radius 1 is 1.20 bits per heavy atom. The summed E-state index contributed by atoms with van der Waals surface area (Å²) in [6.45, 7) is 11.3. The lowest BCUT2D eigenvalue weighted by molar-refractivity contribution is -0.158. The third kappa shape index (κ3) is 4.50. The molecule has 8 nitrogen and oxygen atoms in total. The van der Waals surface area contributed by atoms with Crippen LogP contribution in [0.5, 0.6) is 0 Å². The summed E-state index contributed by atoms with van der Waals surface area (Å²) in [6, 6.07) is 9.70. The van der Waals surface area contributed by atoms with Crippen LogP contribution in [0.15, 0.2) is 36.5 Å². The van der Waals surface area contributed by atoms with E-state index in [-0.39, 0.29) is 17.9 Å². The van der Waals surface area contributed by atoms with Crippen molar-refractivity contribution in [3.8, 4) is 11.3 Å². The maximum atomic E-state index is 12.2. The molecule has 2 amide bonds. The number of hydrogen-bond acceptors (Lipinski definition) is 4. The summed E-state index contributed by atoms with van der Waals surface area (Å²) in [7, 11) is 1.62. The number of aryl methyl sites for hydroxylation is 2. The average Bonchev–Trinajstić information content (AvgIpc) is 3.14. The minimum absolute atomic E-state index is 0.137. The molecule has 1 unspecified atom stereocenters. The summed E-state index contributed by atoms with van der Waals surface area (Å²) in [6.07, 6.45) is 1.56. The molecule has 1 aliphatic rings.